The van der Waals surface area contributed by atoms with Gasteiger partial charge in [-0.05, 0) is 38.8 Å². The summed E-state index contributed by atoms with van der Waals surface area (Å²) in [7, 11) is 0. The SMILES string of the molecule is Cc1nc(-c2cccc(Br)c2)sc1CCC(C)N. The Morgan fingerprint density at radius 3 is 2.89 bits per heavy atom. The molecule has 2 N–H and O–H groups in total. The number of aryl methyl sites for hydroxylation is 2. The maximum Gasteiger partial charge on any atom is 0.123 e. The first-order valence-electron chi connectivity index (χ1n) is 6.04. The van der Waals surface area contributed by atoms with Crippen LogP contribution in [0.4, 0.5) is 0 Å². The third-order valence-electron chi connectivity index (χ3n) is 2.79. The van der Waals surface area contributed by atoms with Gasteiger partial charge in [0.05, 0.1) is 5.69 Å². The molecule has 0 amide bonds. The van der Waals surface area contributed by atoms with Crippen LogP contribution in [0.5, 0.6) is 0 Å². The summed E-state index contributed by atoms with van der Waals surface area (Å²) in [4.78, 5) is 6.01. The summed E-state index contributed by atoms with van der Waals surface area (Å²) >= 11 is 5.27. The third kappa shape index (κ3) is 3.40. The molecule has 1 unspecified atom stereocenters. The van der Waals surface area contributed by atoms with Crippen LogP contribution in [0.15, 0.2) is 28.7 Å². The lowest BCUT2D eigenvalue weighted by Gasteiger charge is -2.02. The molecular weight excluding hydrogens is 308 g/mol. The number of benzene rings is 1. The number of nitrogens with zero attached hydrogens (tertiary/aromatic N) is 1. The van der Waals surface area contributed by atoms with Crippen LogP contribution in [0, 0.1) is 6.92 Å². The molecule has 1 aromatic carbocycles. The molecule has 18 heavy (non-hydrogen) atoms. The minimum atomic E-state index is 0.251. The molecule has 0 aliphatic carbocycles. The standard InChI is InChI=1S/C14H17BrN2S/c1-9(16)6-7-13-10(2)17-14(18-13)11-4-3-5-12(15)8-11/h3-5,8-9H,6-7,16H2,1-2H3. The minimum Gasteiger partial charge on any atom is -0.328 e. The van der Waals surface area contributed by atoms with E-state index in [1.807, 2.05) is 19.1 Å². The highest BCUT2D eigenvalue weighted by molar-refractivity contribution is 9.10. The van der Waals surface area contributed by atoms with Crippen molar-refractivity contribution in [2.75, 3.05) is 0 Å². The maximum absolute atomic E-state index is 5.81. The molecule has 0 saturated carbocycles. The van der Waals surface area contributed by atoms with Crippen LogP contribution in [-0.4, -0.2) is 11.0 Å². The van der Waals surface area contributed by atoms with Gasteiger partial charge in [-0.3, -0.25) is 0 Å². The monoisotopic (exact) mass is 324 g/mol. The predicted molar refractivity (Wildman–Crippen MR) is 82.0 cm³/mol. The average Bonchev–Trinajstić information content (AvgIpc) is 2.68. The Morgan fingerprint density at radius 2 is 2.22 bits per heavy atom. The van der Waals surface area contributed by atoms with Crippen LogP contribution in [0.3, 0.4) is 0 Å². The number of rotatable bonds is 4. The van der Waals surface area contributed by atoms with Crippen LogP contribution in [0.2, 0.25) is 0 Å². The van der Waals surface area contributed by atoms with E-state index in [0.717, 1.165) is 28.0 Å². The normalized spacial score (nSPS) is 12.7. The highest BCUT2D eigenvalue weighted by Gasteiger charge is 2.10. The Morgan fingerprint density at radius 1 is 1.44 bits per heavy atom. The summed E-state index contributed by atoms with van der Waals surface area (Å²) in [6.07, 6.45) is 2.04. The Labute approximate surface area is 120 Å². The zero-order valence-electron chi connectivity index (χ0n) is 10.6. The topological polar surface area (TPSA) is 38.9 Å². The zero-order valence-corrected chi connectivity index (χ0v) is 13.0. The van der Waals surface area contributed by atoms with Gasteiger partial charge in [-0.2, -0.15) is 0 Å². The molecular formula is C14H17BrN2S. The molecule has 0 saturated heterocycles. The fourth-order valence-corrected chi connectivity index (χ4v) is 3.24. The lowest BCUT2D eigenvalue weighted by Crippen LogP contribution is -2.15. The summed E-state index contributed by atoms with van der Waals surface area (Å²) in [6, 6.07) is 8.52. The lowest BCUT2D eigenvalue weighted by atomic mass is 10.1. The van der Waals surface area contributed by atoms with Gasteiger partial charge in [0, 0.05) is 21.0 Å². The molecule has 2 nitrogen and oxygen atoms in total. The van der Waals surface area contributed by atoms with Crippen LogP contribution in [0.1, 0.15) is 23.9 Å². The van der Waals surface area contributed by atoms with Crippen LogP contribution in [-0.2, 0) is 6.42 Å². The second kappa shape index (κ2) is 5.95. The number of nitrogens with two attached hydrogens (primary N) is 1. The zero-order chi connectivity index (χ0) is 13.1. The van der Waals surface area contributed by atoms with Crippen molar-refractivity contribution in [3.05, 3.63) is 39.3 Å². The van der Waals surface area contributed by atoms with Crippen molar-refractivity contribution >= 4 is 27.3 Å². The van der Waals surface area contributed by atoms with Gasteiger partial charge >= 0.3 is 0 Å². The highest BCUT2D eigenvalue weighted by Crippen LogP contribution is 2.30. The summed E-state index contributed by atoms with van der Waals surface area (Å²) in [5, 5.41) is 1.09. The Balaban J connectivity index is 2.23. The van der Waals surface area contributed by atoms with Crippen molar-refractivity contribution < 1.29 is 0 Å². The second-order valence-corrected chi connectivity index (χ2v) is 6.55. The van der Waals surface area contributed by atoms with Crippen molar-refractivity contribution in [2.24, 2.45) is 5.73 Å². The van der Waals surface area contributed by atoms with Crippen LogP contribution < -0.4 is 5.73 Å². The first kappa shape index (κ1) is 13.7. The quantitative estimate of drug-likeness (QED) is 0.917. The van der Waals surface area contributed by atoms with Crippen molar-refractivity contribution in [2.45, 2.75) is 32.7 Å². The number of hydrogen-bond acceptors (Lipinski definition) is 3. The van der Waals surface area contributed by atoms with Crippen LogP contribution >= 0.6 is 27.3 Å². The van der Waals surface area contributed by atoms with Gasteiger partial charge in [0.1, 0.15) is 5.01 Å². The molecule has 4 heteroatoms. The number of aromatic nitrogens is 1. The largest absolute Gasteiger partial charge is 0.328 e. The van der Waals surface area contributed by atoms with E-state index >= 15 is 0 Å². The lowest BCUT2D eigenvalue weighted by molar-refractivity contribution is 0.668. The minimum absolute atomic E-state index is 0.251. The van der Waals surface area contributed by atoms with Gasteiger partial charge < -0.3 is 5.73 Å². The fraction of sp³-hybridized carbons (Fsp3) is 0.357. The molecule has 0 spiro atoms. The number of hydrogen-bond donors (Lipinski definition) is 1. The van der Waals surface area contributed by atoms with E-state index in [9.17, 15) is 0 Å². The van der Waals surface area contributed by atoms with E-state index in [4.69, 9.17) is 5.73 Å². The van der Waals surface area contributed by atoms with Gasteiger partial charge in [-0.1, -0.05) is 28.1 Å². The fourth-order valence-electron chi connectivity index (χ4n) is 1.76. The average molecular weight is 325 g/mol. The first-order chi connectivity index (χ1) is 8.56. The molecule has 0 fully saturated rings. The van der Waals surface area contributed by atoms with Crippen molar-refractivity contribution in [3.63, 3.8) is 0 Å². The Hall–Kier alpha value is -0.710. The number of thiazole rings is 1. The van der Waals surface area contributed by atoms with Gasteiger partial charge in [0.2, 0.25) is 0 Å². The molecule has 0 aliphatic rings. The number of halogens is 1. The molecule has 0 bridgehead atoms. The van der Waals surface area contributed by atoms with Gasteiger partial charge in [-0.25, -0.2) is 4.98 Å². The van der Waals surface area contributed by atoms with Crippen molar-refractivity contribution in [3.8, 4) is 10.6 Å². The molecule has 2 rings (SSSR count). The molecule has 1 heterocycles. The van der Waals surface area contributed by atoms with E-state index < -0.39 is 0 Å². The summed E-state index contributed by atoms with van der Waals surface area (Å²) in [5.74, 6) is 0. The third-order valence-corrected chi connectivity index (χ3v) is 4.55. The first-order valence-corrected chi connectivity index (χ1v) is 7.65. The van der Waals surface area contributed by atoms with Gasteiger partial charge in [0.25, 0.3) is 0 Å². The molecule has 1 atom stereocenters. The summed E-state index contributed by atoms with van der Waals surface area (Å²) in [6.45, 7) is 4.13. The molecule has 0 aliphatic heterocycles. The van der Waals surface area contributed by atoms with E-state index in [0.29, 0.717) is 0 Å². The molecule has 2 aromatic rings. The van der Waals surface area contributed by atoms with Gasteiger partial charge in [0.15, 0.2) is 0 Å². The molecule has 96 valence electrons. The Bertz CT molecular complexity index is 534. The smallest absolute Gasteiger partial charge is 0.123 e. The van der Waals surface area contributed by atoms with Crippen molar-refractivity contribution in [1.29, 1.82) is 0 Å². The predicted octanol–water partition coefficient (Wildman–Crippen LogP) is 4.16. The van der Waals surface area contributed by atoms with Crippen LogP contribution in [0.25, 0.3) is 10.6 Å². The summed E-state index contributed by atoms with van der Waals surface area (Å²) < 4.78 is 1.09. The van der Waals surface area contributed by atoms with E-state index in [1.54, 1.807) is 11.3 Å². The van der Waals surface area contributed by atoms with Crippen molar-refractivity contribution in [1.82, 2.24) is 4.98 Å². The maximum atomic E-state index is 5.81. The second-order valence-electron chi connectivity index (χ2n) is 4.55. The molecule has 1 aromatic heterocycles. The Kier molecular flexibility index (Phi) is 4.54. The van der Waals surface area contributed by atoms with E-state index in [1.165, 1.54) is 10.4 Å². The molecule has 0 radical (unpaired) electrons. The van der Waals surface area contributed by atoms with Gasteiger partial charge in [-0.15, -0.1) is 11.3 Å². The highest BCUT2D eigenvalue weighted by atomic mass is 79.9. The summed E-state index contributed by atoms with van der Waals surface area (Å²) in [5.41, 5.74) is 8.11. The van der Waals surface area contributed by atoms with E-state index in [-0.39, 0.29) is 6.04 Å². The van der Waals surface area contributed by atoms with E-state index in [2.05, 4.69) is 40.0 Å².